The molecule has 0 radical (unpaired) electrons. The number of H-pyrrole nitrogens is 1. The first kappa shape index (κ1) is 13.6. The lowest BCUT2D eigenvalue weighted by molar-refractivity contribution is 0.598. The normalized spacial score (nSPS) is 11.4. The van der Waals surface area contributed by atoms with Gasteiger partial charge in [-0.2, -0.15) is 0 Å². The quantitative estimate of drug-likeness (QED) is 0.546. The van der Waals surface area contributed by atoms with Crippen LogP contribution in [-0.2, 0) is 10.0 Å². The highest BCUT2D eigenvalue weighted by Gasteiger charge is 2.15. The predicted octanol–water partition coefficient (Wildman–Crippen LogP) is 0.151. The number of anilines is 1. The lowest BCUT2D eigenvalue weighted by Crippen LogP contribution is -2.14. The Balaban J connectivity index is 2.45. The second-order valence-corrected chi connectivity index (χ2v) is 6.11. The molecule has 0 bridgehead atoms. The number of rotatable bonds is 3. The minimum absolute atomic E-state index is 0.0292. The lowest BCUT2D eigenvalue weighted by atomic mass is 10.3. The molecule has 1 aromatic heterocycles. The number of hydrogen-bond acceptors (Lipinski definition) is 6. The fraction of sp³-hybridized carbons (Fsp3) is 0. The van der Waals surface area contributed by atoms with Gasteiger partial charge in [0.25, 0.3) is 5.56 Å². The van der Waals surface area contributed by atoms with E-state index >= 15 is 0 Å². The Morgan fingerprint density at radius 1 is 1.26 bits per heavy atom. The number of aromatic amines is 1. The maximum absolute atomic E-state index is 11.3. The first-order chi connectivity index (χ1) is 8.88. The summed E-state index contributed by atoms with van der Waals surface area (Å²) in [5.74, 6) is 0. The molecular formula is C10H10N4O3S2. The van der Waals surface area contributed by atoms with Crippen molar-refractivity contribution in [1.29, 1.82) is 0 Å². The molecule has 0 spiro atoms. The first-order valence-electron chi connectivity index (χ1n) is 5.02. The number of primary sulfonamides is 1. The van der Waals surface area contributed by atoms with Crippen LogP contribution >= 0.6 is 11.8 Å². The first-order valence-corrected chi connectivity index (χ1v) is 7.38. The highest BCUT2D eigenvalue weighted by Crippen LogP contribution is 2.32. The summed E-state index contributed by atoms with van der Waals surface area (Å²) >= 11 is 1.05. The molecule has 5 N–H and O–H groups in total. The largest absolute Gasteiger partial charge is 0.397 e. The zero-order valence-corrected chi connectivity index (χ0v) is 11.2. The SMILES string of the molecule is Nc1c(Sc2nccc(=O)[nH]2)cccc1S(N)(=O)=O. The van der Waals surface area contributed by atoms with Gasteiger partial charge in [0.1, 0.15) is 4.90 Å². The van der Waals surface area contributed by atoms with E-state index in [-0.39, 0.29) is 16.1 Å². The molecule has 0 unspecified atom stereocenters. The number of hydrogen-bond donors (Lipinski definition) is 3. The van der Waals surface area contributed by atoms with Gasteiger partial charge in [0, 0.05) is 17.2 Å². The fourth-order valence-corrected chi connectivity index (χ4v) is 2.96. The predicted molar refractivity (Wildman–Crippen MR) is 71.2 cm³/mol. The molecule has 1 aromatic carbocycles. The molecule has 0 aliphatic rings. The number of sulfonamides is 1. The van der Waals surface area contributed by atoms with Crippen LogP contribution in [0.4, 0.5) is 5.69 Å². The van der Waals surface area contributed by atoms with E-state index in [0.29, 0.717) is 10.1 Å². The number of aromatic nitrogens is 2. The summed E-state index contributed by atoms with van der Waals surface area (Å²) in [7, 11) is -3.89. The van der Waals surface area contributed by atoms with Crippen LogP contribution in [0, 0.1) is 0 Å². The Morgan fingerprint density at radius 3 is 2.63 bits per heavy atom. The molecule has 7 nitrogen and oxygen atoms in total. The van der Waals surface area contributed by atoms with Gasteiger partial charge in [-0.25, -0.2) is 18.5 Å². The molecule has 19 heavy (non-hydrogen) atoms. The maximum Gasteiger partial charge on any atom is 0.251 e. The van der Waals surface area contributed by atoms with Crippen LogP contribution in [0.1, 0.15) is 0 Å². The molecular weight excluding hydrogens is 288 g/mol. The van der Waals surface area contributed by atoms with E-state index < -0.39 is 10.0 Å². The molecule has 0 aliphatic heterocycles. The smallest absolute Gasteiger partial charge is 0.251 e. The van der Waals surface area contributed by atoms with Crippen LogP contribution in [0.15, 0.2) is 50.2 Å². The van der Waals surface area contributed by atoms with Crippen molar-refractivity contribution in [2.45, 2.75) is 14.9 Å². The molecule has 0 fully saturated rings. The van der Waals surface area contributed by atoms with Crippen LogP contribution in [0.5, 0.6) is 0 Å². The number of nitrogens with zero attached hydrogens (tertiary/aromatic N) is 1. The number of benzene rings is 1. The molecule has 0 amide bonds. The van der Waals surface area contributed by atoms with Crippen molar-refractivity contribution >= 4 is 27.5 Å². The molecule has 100 valence electrons. The van der Waals surface area contributed by atoms with Gasteiger partial charge < -0.3 is 10.7 Å². The summed E-state index contributed by atoms with van der Waals surface area (Å²) in [6, 6.07) is 5.71. The fourth-order valence-electron chi connectivity index (χ4n) is 1.37. The summed E-state index contributed by atoms with van der Waals surface area (Å²) < 4.78 is 22.7. The minimum atomic E-state index is -3.89. The zero-order chi connectivity index (χ0) is 14.0. The van der Waals surface area contributed by atoms with Crippen molar-refractivity contribution in [3.63, 3.8) is 0 Å². The van der Waals surface area contributed by atoms with E-state index in [9.17, 15) is 13.2 Å². The number of nitrogens with one attached hydrogen (secondary N) is 1. The van der Waals surface area contributed by atoms with Crippen molar-refractivity contribution in [2.24, 2.45) is 5.14 Å². The van der Waals surface area contributed by atoms with Crippen molar-refractivity contribution in [1.82, 2.24) is 9.97 Å². The van der Waals surface area contributed by atoms with E-state index in [1.807, 2.05) is 0 Å². The Kier molecular flexibility index (Phi) is 3.60. The summed E-state index contributed by atoms with van der Waals surface area (Å²) in [6.45, 7) is 0. The standard InChI is InChI=1S/C10H10N4O3S2/c11-9-6(2-1-3-7(9)19(12,16)17)18-10-13-5-4-8(15)14-10/h1-5H,11H2,(H2,12,16,17)(H,13,14,15). The third-order valence-corrected chi connectivity index (χ3v) is 4.13. The summed E-state index contributed by atoms with van der Waals surface area (Å²) in [5.41, 5.74) is 5.48. The lowest BCUT2D eigenvalue weighted by Gasteiger charge is -2.08. The summed E-state index contributed by atoms with van der Waals surface area (Å²) in [4.78, 5) is 17.9. The maximum atomic E-state index is 11.3. The van der Waals surface area contributed by atoms with E-state index in [1.54, 1.807) is 6.07 Å². The second-order valence-electron chi connectivity index (χ2n) is 3.55. The zero-order valence-electron chi connectivity index (χ0n) is 9.53. The van der Waals surface area contributed by atoms with Gasteiger partial charge in [-0.15, -0.1) is 0 Å². The molecule has 2 aromatic rings. The Hall–Kier alpha value is -1.84. The monoisotopic (exact) mass is 298 g/mol. The Bertz CT molecular complexity index is 770. The van der Waals surface area contributed by atoms with Gasteiger partial charge >= 0.3 is 0 Å². The van der Waals surface area contributed by atoms with Crippen LogP contribution in [0.3, 0.4) is 0 Å². The minimum Gasteiger partial charge on any atom is -0.397 e. The van der Waals surface area contributed by atoms with Gasteiger partial charge in [-0.05, 0) is 23.9 Å². The van der Waals surface area contributed by atoms with E-state index in [2.05, 4.69) is 9.97 Å². The van der Waals surface area contributed by atoms with Crippen molar-refractivity contribution < 1.29 is 8.42 Å². The van der Waals surface area contributed by atoms with Crippen LogP contribution in [0.2, 0.25) is 0 Å². The van der Waals surface area contributed by atoms with Crippen molar-refractivity contribution in [3.8, 4) is 0 Å². The molecule has 9 heteroatoms. The average molecular weight is 298 g/mol. The van der Waals surface area contributed by atoms with Crippen molar-refractivity contribution in [3.05, 3.63) is 40.8 Å². The van der Waals surface area contributed by atoms with Gasteiger partial charge in [-0.1, -0.05) is 6.07 Å². The third-order valence-electron chi connectivity index (χ3n) is 2.19. The van der Waals surface area contributed by atoms with Crippen LogP contribution in [-0.4, -0.2) is 18.4 Å². The number of nitrogens with two attached hydrogens (primary N) is 2. The molecule has 2 rings (SSSR count). The number of para-hydroxylation sites is 1. The molecule has 0 saturated carbocycles. The molecule has 0 atom stereocenters. The third kappa shape index (κ3) is 3.13. The summed E-state index contributed by atoms with van der Waals surface area (Å²) in [5, 5.41) is 5.36. The highest BCUT2D eigenvalue weighted by molar-refractivity contribution is 7.99. The molecule has 0 aliphatic carbocycles. The number of nitrogen functional groups attached to an aromatic ring is 1. The molecule has 0 saturated heterocycles. The van der Waals surface area contributed by atoms with Gasteiger partial charge in [0.2, 0.25) is 10.0 Å². The summed E-state index contributed by atoms with van der Waals surface area (Å²) in [6.07, 6.45) is 1.35. The topological polar surface area (TPSA) is 132 Å². The highest BCUT2D eigenvalue weighted by atomic mass is 32.2. The van der Waals surface area contributed by atoms with E-state index in [0.717, 1.165) is 11.8 Å². The molecule has 1 heterocycles. The van der Waals surface area contributed by atoms with Crippen LogP contribution < -0.4 is 16.4 Å². The average Bonchev–Trinajstić information content (AvgIpc) is 2.30. The van der Waals surface area contributed by atoms with Crippen molar-refractivity contribution in [2.75, 3.05) is 5.73 Å². The Morgan fingerprint density at radius 2 is 2.00 bits per heavy atom. The van der Waals surface area contributed by atoms with E-state index in [1.165, 1.54) is 24.4 Å². The van der Waals surface area contributed by atoms with Gasteiger partial charge in [0.05, 0.1) is 5.69 Å². The second kappa shape index (κ2) is 5.03. The van der Waals surface area contributed by atoms with Gasteiger partial charge in [-0.3, -0.25) is 4.79 Å². The Labute approximate surface area is 113 Å². The van der Waals surface area contributed by atoms with Gasteiger partial charge in [0.15, 0.2) is 5.16 Å². The van der Waals surface area contributed by atoms with E-state index in [4.69, 9.17) is 10.9 Å². The van der Waals surface area contributed by atoms with Crippen LogP contribution in [0.25, 0.3) is 0 Å².